The van der Waals surface area contributed by atoms with Crippen molar-refractivity contribution in [2.45, 2.75) is 39.2 Å². The molecule has 0 unspecified atom stereocenters. The average Bonchev–Trinajstić information content (AvgIpc) is 2.38. The van der Waals surface area contributed by atoms with E-state index < -0.39 is 42.5 Å². The molecule has 11 heteroatoms. The van der Waals surface area contributed by atoms with Crippen molar-refractivity contribution >= 4 is 24.1 Å². The van der Waals surface area contributed by atoms with Crippen LogP contribution in [-0.4, -0.2) is 59.7 Å². The third-order valence-corrected chi connectivity index (χ3v) is 2.14. The molecule has 0 saturated carbocycles. The Balaban J connectivity index is -0.000000787. The Hall–Kier alpha value is -1.36. The maximum absolute atomic E-state index is 11.7. The molecule has 0 radical (unpaired) electrons. The summed E-state index contributed by atoms with van der Waals surface area (Å²) in [5.74, 6) is -2.62. The second-order valence-corrected chi connectivity index (χ2v) is 3.98. The number of carboxylic acid groups (broad SMARTS) is 2. The van der Waals surface area contributed by atoms with Gasteiger partial charge < -0.3 is 34.3 Å². The summed E-state index contributed by atoms with van der Waals surface area (Å²) in [6, 6.07) is 0. The molecule has 0 aromatic heterocycles. The van der Waals surface area contributed by atoms with E-state index in [0.29, 0.717) is 0 Å². The van der Waals surface area contributed by atoms with Crippen molar-refractivity contribution in [3.8, 4) is 0 Å². The van der Waals surface area contributed by atoms with Gasteiger partial charge in [0, 0.05) is 0 Å². The van der Waals surface area contributed by atoms with Crippen LogP contribution in [-0.2, 0) is 28.6 Å². The zero-order valence-electron chi connectivity index (χ0n) is 14.2. The molecule has 0 fully saturated rings. The Morgan fingerprint density at radius 1 is 0.875 bits per heavy atom. The van der Waals surface area contributed by atoms with E-state index in [0.717, 1.165) is 0 Å². The number of esters is 3. The van der Waals surface area contributed by atoms with Crippen molar-refractivity contribution in [1.82, 2.24) is 0 Å². The predicted molar refractivity (Wildman–Crippen MR) is 72.1 cm³/mol. The molecular formula is C13H21NaO10. The molecule has 24 heavy (non-hydrogen) atoms. The van der Waals surface area contributed by atoms with Crippen LogP contribution >= 0.6 is 0 Å². The quantitative estimate of drug-likeness (QED) is 0.249. The Kier molecular flexibility index (Phi) is 17.4. The van der Waals surface area contributed by atoms with Gasteiger partial charge in [-0.25, -0.2) is 4.79 Å². The van der Waals surface area contributed by atoms with Gasteiger partial charge in [-0.15, -0.1) is 0 Å². The molecular weight excluding hydrogens is 339 g/mol. The van der Waals surface area contributed by atoms with E-state index in [-0.39, 0.29) is 49.4 Å². The zero-order valence-corrected chi connectivity index (χ0v) is 16.2. The van der Waals surface area contributed by atoms with E-state index in [4.69, 9.17) is 15.0 Å². The Labute approximate surface area is 161 Å². The van der Waals surface area contributed by atoms with Gasteiger partial charge in [0.1, 0.15) is 0 Å². The largest absolute Gasteiger partial charge is 1.00 e. The number of hydrogen-bond donors (Lipinski definition) is 2. The van der Waals surface area contributed by atoms with Gasteiger partial charge in [-0.2, -0.15) is 0 Å². The van der Waals surface area contributed by atoms with Crippen molar-refractivity contribution in [3.63, 3.8) is 0 Å². The molecule has 0 amide bonds. The second-order valence-electron chi connectivity index (χ2n) is 3.98. The number of aliphatic hydroxyl groups is 1. The first-order valence-electron chi connectivity index (χ1n) is 6.73. The minimum Gasteiger partial charge on any atom is -0.565 e. The van der Waals surface area contributed by atoms with E-state index >= 15 is 0 Å². The van der Waals surface area contributed by atoms with Gasteiger partial charge in [-0.05, 0) is 20.8 Å². The zero-order chi connectivity index (χ0) is 18.5. The van der Waals surface area contributed by atoms with Crippen LogP contribution in [0.1, 0.15) is 33.6 Å². The van der Waals surface area contributed by atoms with Crippen LogP contribution < -0.4 is 34.7 Å². The number of carbonyl (C=O) groups is 4. The predicted octanol–water partition coefficient (Wildman–Crippen LogP) is -3.92. The molecule has 0 bridgehead atoms. The van der Waals surface area contributed by atoms with Gasteiger partial charge in [0.25, 0.3) is 0 Å². The van der Waals surface area contributed by atoms with Gasteiger partial charge in [0.05, 0.1) is 32.7 Å². The molecule has 134 valence electrons. The van der Waals surface area contributed by atoms with Crippen LogP contribution in [0.5, 0.6) is 0 Å². The fourth-order valence-corrected chi connectivity index (χ4v) is 1.37. The summed E-state index contributed by atoms with van der Waals surface area (Å²) in [7, 11) is 0. The maximum atomic E-state index is 11.7. The van der Waals surface area contributed by atoms with Crippen molar-refractivity contribution in [1.29, 1.82) is 0 Å². The van der Waals surface area contributed by atoms with Gasteiger partial charge in [0.2, 0.25) is 6.16 Å². The van der Waals surface area contributed by atoms with Crippen LogP contribution in [0.15, 0.2) is 0 Å². The summed E-state index contributed by atoms with van der Waals surface area (Å²) in [6.07, 6.45) is -3.39. The molecule has 2 N–H and O–H groups in total. The molecule has 0 aliphatic heterocycles. The summed E-state index contributed by atoms with van der Waals surface area (Å²) in [5, 5.41) is 25.4. The van der Waals surface area contributed by atoms with Crippen LogP contribution in [0, 0.1) is 0 Å². The van der Waals surface area contributed by atoms with Crippen molar-refractivity contribution < 1.29 is 78.3 Å². The standard InChI is InChI=1S/C12H20O7.CH2O3.Na/c1-4-17-9(13)7-12(16,11(15)19-6-3)8-10(14)18-5-2;2-1(3)4;/h16H,4-8H2,1-3H3;(H2,2,3,4);/q;;+1/p-1. The van der Waals surface area contributed by atoms with Crippen LogP contribution in [0.4, 0.5) is 4.79 Å². The fraction of sp³-hybridized carbons (Fsp3) is 0.692. The molecule has 0 atom stereocenters. The molecule has 0 rings (SSSR count). The van der Waals surface area contributed by atoms with Crippen LogP contribution in [0.25, 0.3) is 0 Å². The third kappa shape index (κ3) is 14.2. The summed E-state index contributed by atoms with van der Waals surface area (Å²) < 4.78 is 14.0. The first-order valence-corrected chi connectivity index (χ1v) is 6.73. The van der Waals surface area contributed by atoms with E-state index in [2.05, 4.69) is 14.2 Å². The van der Waals surface area contributed by atoms with Crippen LogP contribution in [0.3, 0.4) is 0 Å². The summed E-state index contributed by atoms with van der Waals surface area (Å²) in [4.78, 5) is 42.8. The Bertz CT molecular complexity index is 386. The first kappa shape index (κ1) is 27.5. The monoisotopic (exact) mass is 360 g/mol. The second kappa shape index (κ2) is 15.2. The summed E-state index contributed by atoms with van der Waals surface area (Å²) in [6.45, 7) is 4.97. The van der Waals surface area contributed by atoms with Gasteiger partial charge >= 0.3 is 47.5 Å². The molecule has 0 spiro atoms. The maximum Gasteiger partial charge on any atom is 1.00 e. The number of carbonyl (C=O) groups excluding carboxylic acids is 3. The SMILES string of the molecule is CCOC(=O)CC(O)(CC(=O)OCC)C(=O)OCC.O=C([O-])O.[Na+]. The summed E-state index contributed by atoms with van der Waals surface area (Å²) >= 11 is 0. The first-order chi connectivity index (χ1) is 10.6. The number of rotatable bonds is 8. The Morgan fingerprint density at radius 2 is 1.17 bits per heavy atom. The van der Waals surface area contributed by atoms with E-state index in [1.807, 2.05) is 0 Å². The van der Waals surface area contributed by atoms with Crippen molar-refractivity contribution in [2.24, 2.45) is 0 Å². The van der Waals surface area contributed by atoms with Gasteiger partial charge in [-0.1, -0.05) is 0 Å². The molecule has 0 aliphatic carbocycles. The molecule has 0 saturated heterocycles. The number of ether oxygens (including phenoxy) is 3. The average molecular weight is 360 g/mol. The molecule has 10 nitrogen and oxygen atoms in total. The molecule has 0 heterocycles. The minimum absolute atomic E-state index is 0. The third-order valence-electron chi connectivity index (χ3n) is 2.14. The normalized spacial score (nSPS) is 9.50. The Morgan fingerprint density at radius 3 is 1.42 bits per heavy atom. The molecule has 0 aromatic rings. The fourth-order valence-electron chi connectivity index (χ4n) is 1.37. The van der Waals surface area contributed by atoms with E-state index in [1.54, 1.807) is 20.8 Å². The smallest absolute Gasteiger partial charge is 0.565 e. The number of hydrogen-bond acceptors (Lipinski definition) is 9. The van der Waals surface area contributed by atoms with Gasteiger partial charge in [0.15, 0.2) is 5.60 Å². The molecule has 0 aliphatic rings. The van der Waals surface area contributed by atoms with Crippen molar-refractivity contribution in [2.75, 3.05) is 19.8 Å². The van der Waals surface area contributed by atoms with Gasteiger partial charge in [-0.3, -0.25) is 9.59 Å². The molecule has 0 aromatic carbocycles. The van der Waals surface area contributed by atoms with Crippen LogP contribution in [0.2, 0.25) is 0 Å². The van der Waals surface area contributed by atoms with Crippen molar-refractivity contribution in [3.05, 3.63) is 0 Å². The van der Waals surface area contributed by atoms with E-state index in [9.17, 15) is 19.5 Å². The van der Waals surface area contributed by atoms with E-state index in [1.165, 1.54) is 0 Å². The minimum atomic E-state index is -2.26. The summed E-state index contributed by atoms with van der Waals surface area (Å²) in [5.41, 5.74) is -2.26. The topological polar surface area (TPSA) is 159 Å².